The van der Waals surface area contributed by atoms with Crippen LogP contribution in [0.25, 0.3) is 6.08 Å². The van der Waals surface area contributed by atoms with E-state index in [0.717, 1.165) is 25.3 Å². The summed E-state index contributed by atoms with van der Waals surface area (Å²) in [6, 6.07) is 6.38. The van der Waals surface area contributed by atoms with Gasteiger partial charge in [0.1, 0.15) is 5.75 Å². The van der Waals surface area contributed by atoms with Crippen LogP contribution < -0.4 is 4.52 Å². The van der Waals surface area contributed by atoms with E-state index in [-0.39, 0.29) is 20.6 Å². The topological polar surface area (TPSA) is 21.7 Å². The Morgan fingerprint density at radius 2 is 2.12 bits per heavy atom. The summed E-state index contributed by atoms with van der Waals surface area (Å²) in [6.07, 6.45) is 12.5. The second-order valence-electron chi connectivity index (χ2n) is 6.86. The first kappa shape index (κ1) is 15.4. The molecule has 3 atom stereocenters. The number of likely N-dealkylation sites (N-methyl/N-ethyl adjacent to an activating group) is 1. The Balaban J connectivity index is 1.83. The standard InChI is InChI=1S/C21H22NO2P/c1-3-22(4-2)18-13-15-8-6-10-17-20(15)21(18)12-11-14-7-5-9-16(19(14)21)23-25-24-17/h5-8,10-13,16,25H,3-4,9H2,1-2H3/t16?,21-/m0/s1. The molecule has 0 fully saturated rings. The summed E-state index contributed by atoms with van der Waals surface area (Å²) < 4.78 is 12.3. The van der Waals surface area contributed by atoms with E-state index in [0.29, 0.717) is 0 Å². The average Bonchev–Trinajstić information content (AvgIpc) is 3.16. The third-order valence-corrected chi connectivity index (χ3v) is 6.50. The molecular weight excluding hydrogens is 329 g/mol. The molecule has 1 aromatic carbocycles. The molecule has 1 aromatic rings. The van der Waals surface area contributed by atoms with Crippen molar-refractivity contribution < 1.29 is 9.05 Å². The fourth-order valence-corrected chi connectivity index (χ4v) is 5.43. The summed E-state index contributed by atoms with van der Waals surface area (Å²) >= 11 is 0. The lowest BCUT2D eigenvalue weighted by atomic mass is 9.71. The van der Waals surface area contributed by atoms with E-state index in [2.05, 4.69) is 67.3 Å². The molecule has 2 unspecified atom stereocenters. The molecule has 0 bridgehead atoms. The van der Waals surface area contributed by atoms with Gasteiger partial charge in [-0.15, -0.1) is 0 Å². The van der Waals surface area contributed by atoms with Gasteiger partial charge in [-0.25, -0.2) is 0 Å². The summed E-state index contributed by atoms with van der Waals surface area (Å²) in [5.74, 6) is 0.959. The highest BCUT2D eigenvalue weighted by Gasteiger charge is 2.52. The third kappa shape index (κ3) is 1.94. The molecule has 1 heterocycles. The predicted molar refractivity (Wildman–Crippen MR) is 103 cm³/mol. The second-order valence-corrected chi connectivity index (χ2v) is 7.47. The van der Waals surface area contributed by atoms with Gasteiger partial charge in [-0.05, 0) is 49.1 Å². The van der Waals surface area contributed by atoms with Crippen LogP contribution in [0.2, 0.25) is 0 Å². The lowest BCUT2D eigenvalue weighted by Crippen LogP contribution is -2.40. The molecule has 5 rings (SSSR count). The summed E-state index contributed by atoms with van der Waals surface area (Å²) in [6.45, 7) is 6.45. The molecule has 0 aromatic heterocycles. The van der Waals surface area contributed by atoms with Gasteiger partial charge in [0.2, 0.25) is 9.03 Å². The minimum atomic E-state index is -0.242. The van der Waals surface area contributed by atoms with Crippen LogP contribution in [-0.4, -0.2) is 24.1 Å². The van der Waals surface area contributed by atoms with Crippen LogP contribution in [0.1, 0.15) is 31.4 Å². The van der Waals surface area contributed by atoms with Crippen LogP contribution in [0.3, 0.4) is 0 Å². The average molecular weight is 351 g/mol. The summed E-state index contributed by atoms with van der Waals surface area (Å²) in [5.41, 5.74) is 6.40. The highest BCUT2D eigenvalue weighted by molar-refractivity contribution is 7.26. The van der Waals surface area contributed by atoms with Crippen molar-refractivity contribution in [3.63, 3.8) is 0 Å². The molecule has 0 N–H and O–H groups in total. The minimum Gasteiger partial charge on any atom is -0.449 e. The van der Waals surface area contributed by atoms with Gasteiger partial charge >= 0.3 is 0 Å². The van der Waals surface area contributed by atoms with Gasteiger partial charge in [-0.3, -0.25) is 0 Å². The summed E-state index contributed by atoms with van der Waals surface area (Å²) in [4.78, 5) is 2.48. The smallest absolute Gasteiger partial charge is 0.215 e. The van der Waals surface area contributed by atoms with Crippen molar-refractivity contribution in [1.29, 1.82) is 0 Å². The Kier molecular flexibility index (Phi) is 3.45. The number of benzene rings is 1. The normalized spacial score (nSPS) is 29.0. The van der Waals surface area contributed by atoms with Crippen LogP contribution in [0.15, 0.2) is 59.3 Å². The SMILES string of the molecule is CCN(CC)C1=Cc2cccc3c2[C@@]12C=CC1=C2C(CC=C1)OPO3. The number of hydrogen-bond donors (Lipinski definition) is 0. The third-order valence-electron chi connectivity index (χ3n) is 5.81. The fourth-order valence-electron chi connectivity index (χ4n) is 4.79. The molecule has 0 saturated heterocycles. The second kappa shape index (κ2) is 5.59. The zero-order chi connectivity index (χ0) is 17.0. The Morgan fingerprint density at radius 3 is 2.96 bits per heavy atom. The lowest BCUT2D eigenvalue weighted by molar-refractivity contribution is 0.225. The van der Waals surface area contributed by atoms with E-state index in [1.54, 1.807) is 0 Å². The molecule has 0 amide bonds. The summed E-state index contributed by atoms with van der Waals surface area (Å²) in [7, 11) is 0.0396. The molecule has 3 aliphatic carbocycles. The minimum absolute atomic E-state index is 0.0396. The van der Waals surface area contributed by atoms with Crippen molar-refractivity contribution in [2.24, 2.45) is 0 Å². The number of rotatable bonds is 3. The maximum atomic E-state index is 6.18. The molecular formula is C21H22NO2P. The maximum Gasteiger partial charge on any atom is 0.215 e. The van der Waals surface area contributed by atoms with Crippen LogP contribution in [-0.2, 0) is 9.94 Å². The molecule has 128 valence electrons. The van der Waals surface area contributed by atoms with Gasteiger partial charge in [0.25, 0.3) is 0 Å². The van der Waals surface area contributed by atoms with E-state index in [4.69, 9.17) is 9.05 Å². The Labute approximate surface area is 150 Å². The van der Waals surface area contributed by atoms with Gasteiger partial charge in [0.05, 0.1) is 11.5 Å². The number of nitrogens with zero attached hydrogens (tertiary/aromatic N) is 1. The van der Waals surface area contributed by atoms with Crippen LogP contribution in [0, 0.1) is 0 Å². The van der Waals surface area contributed by atoms with Gasteiger partial charge < -0.3 is 13.9 Å². The van der Waals surface area contributed by atoms with E-state index in [9.17, 15) is 0 Å². The Morgan fingerprint density at radius 1 is 1.24 bits per heavy atom. The molecule has 4 aliphatic rings. The number of hydrogen-bond acceptors (Lipinski definition) is 3. The first-order chi connectivity index (χ1) is 12.3. The summed E-state index contributed by atoms with van der Waals surface area (Å²) in [5, 5.41) is 0. The first-order valence-electron chi connectivity index (χ1n) is 9.08. The van der Waals surface area contributed by atoms with Crippen molar-refractivity contribution in [3.8, 4) is 5.75 Å². The highest BCUT2D eigenvalue weighted by atomic mass is 31.1. The van der Waals surface area contributed by atoms with Gasteiger partial charge in [-0.2, -0.15) is 0 Å². The molecule has 1 aliphatic heterocycles. The van der Waals surface area contributed by atoms with Gasteiger partial charge in [0.15, 0.2) is 0 Å². The van der Waals surface area contributed by atoms with Crippen LogP contribution >= 0.6 is 9.03 Å². The first-order valence-corrected chi connectivity index (χ1v) is 9.89. The largest absolute Gasteiger partial charge is 0.449 e. The monoisotopic (exact) mass is 351 g/mol. The van der Waals surface area contributed by atoms with Gasteiger partial charge in [0, 0.05) is 24.4 Å². The fraction of sp³-hybridized carbons (Fsp3) is 0.333. The van der Waals surface area contributed by atoms with Crippen molar-refractivity contribution in [3.05, 3.63) is 70.5 Å². The highest BCUT2D eigenvalue weighted by Crippen LogP contribution is 2.60. The van der Waals surface area contributed by atoms with E-state index in [1.165, 1.54) is 28.0 Å². The molecule has 1 spiro atoms. The quantitative estimate of drug-likeness (QED) is 0.735. The molecule has 4 heteroatoms. The van der Waals surface area contributed by atoms with Crippen molar-refractivity contribution in [2.75, 3.05) is 13.1 Å². The lowest BCUT2D eigenvalue weighted by Gasteiger charge is -2.42. The predicted octanol–water partition coefficient (Wildman–Crippen LogP) is 4.73. The van der Waals surface area contributed by atoms with Gasteiger partial charge in [-0.1, -0.05) is 36.4 Å². The zero-order valence-electron chi connectivity index (χ0n) is 14.6. The molecule has 25 heavy (non-hydrogen) atoms. The maximum absolute atomic E-state index is 6.18. The van der Waals surface area contributed by atoms with Crippen molar-refractivity contribution in [2.45, 2.75) is 31.8 Å². The van der Waals surface area contributed by atoms with Crippen molar-refractivity contribution in [1.82, 2.24) is 4.90 Å². The Hall–Kier alpha value is -1.83. The molecule has 3 nitrogen and oxygen atoms in total. The number of allylic oxidation sites excluding steroid dienone is 4. The zero-order valence-corrected chi connectivity index (χ0v) is 15.6. The van der Waals surface area contributed by atoms with E-state index in [1.807, 2.05) is 0 Å². The molecule has 0 radical (unpaired) electrons. The van der Waals surface area contributed by atoms with Crippen molar-refractivity contribution >= 4 is 15.1 Å². The Bertz CT molecular complexity index is 863. The van der Waals surface area contributed by atoms with Crippen LogP contribution in [0.5, 0.6) is 5.75 Å². The van der Waals surface area contributed by atoms with Crippen LogP contribution in [0.4, 0.5) is 0 Å². The molecule has 0 saturated carbocycles. The van der Waals surface area contributed by atoms with E-state index < -0.39 is 0 Å². The van der Waals surface area contributed by atoms with E-state index >= 15 is 0 Å².